The predicted molar refractivity (Wildman–Crippen MR) is 116 cm³/mol. The molecular weight excluding hydrogens is 400 g/mol. The Hall–Kier alpha value is -2.70. The standard InChI is InChI=1S/C23H25ClN4O2/c1-2-18(17-8-4-3-5-9-17)23(29)28-14-12-27(13-15-28)16-21-25-22(30-26-21)19-10-6-7-11-20(19)24/h3-11,18H,2,12-16H2,1H3. The first-order valence-electron chi connectivity index (χ1n) is 10.3. The van der Waals surface area contributed by atoms with Crippen molar-refractivity contribution in [1.29, 1.82) is 0 Å². The third-order valence-electron chi connectivity index (χ3n) is 5.53. The Morgan fingerprint density at radius 2 is 1.77 bits per heavy atom. The highest BCUT2D eigenvalue weighted by Crippen LogP contribution is 2.26. The monoisotopic (exact) mass is 424 g/mol. The Morgan fingerprint density at radius 3 is 2.47 bits per heavy atom. The zero-order chi connectivity index (χ0) is 20.9. The van der Waals surface area contributed by atoms with Gasteiger partial charge in [0.1, 0.15) is 0 Å². The lowest BCUT2D eigenvalue weighted by molar-refractivity contribution is -0.134. The minimum Gasteiger partial charge on any atom is -0.340 e. The normalized spacial score (nSPS) is 15.9. The summed E-state index contributed by atoms with van der Waals surface area (Å²) < 4.78 is 5.39. The van der Waals surface area contributed by atoms with Gasteiger partial charge in [-0.3, -0.25) is 9.69 Å². The number of aromatic nitrogens is 2. The van der Waals surface area contributed by atoms with Crippen LogP contribution >= 0.6 is 11.6 Å². The van der Waals surface area contributed by atoms with E-state index in [1.165, 1.54) is 0 Å². The van der Waals surface area contributed by atoms with Crippen LogP contribution in [0.3, 0.4) is 0 Å². The van der Waals surface area contributed by atoms with E-state index < -0.39 is 0 Å². The first kappa shape index (κ1) is 20.6. The molecule has 1 amide bonds. The highest BCUT2D eigenvalue weighted by molar-refractivity contribution is 6.33. The Bertz CT molecular complexity index is 984. The van der Waals surface area contributed by atoms with E-state index in [1.54, 1.807) is 6.07 Å². The molecule has 2 aromatic carbocycles. The molecule has 30 heavy (non-hydrogen) atoms. The van der Waals surface area contributed by atoms with Gasteiger partial charge in [0.2, 0.25) is 5.91 Å². The Balaban J connectivity index is 1.34. The van der Waals surface area contributed by atoms with Crippen molar-refractivity contribution in [2.45, 2.75) is 25.8 Å². The van der Waals surface area contributed by atoms with Crippen LogP contribution in [0, 0.1) is 0 Å². The molecular formula is C23H25ClN4O2. The molecule has 1 aliphatic heterocycles. The molecule has 7 heteroatoms. The molecule has 4 rings (SSSR count). The molecule has 0 spiro atoms. The van der Waals surface area contributed by atoms with Gasteiger partial charge in [-0.1, -0.05) is 66.1 Å². The Morgan fingerprint density at radius 1 is 1.07 bits per heavy atom. The zero-order valence-corrected chi connectivity index (χ0v) is 17.8. The first-order chi connectivity index (χ1) is 14.7. The predicted octanol–water partition coefficient (Wildman–Crippen LogP) is 4.23. The second kappa shape index (κ2) is 9.41. The fraction of sp³-hybridized carbons (Fsp3) is 0.348. The lowest BCUT2D eigenvalue weighted by Gasteiger charge is -2.36. The van der Waals surface area contributed by atoms with Gasteiger partial charge < -0.3 is 9.42 Å². The fourth-order valence-corrected chi connectivity index (χ4v) is 4.06. The molecule has 0 saturated carbocycles. The third kappa shape index (κ3) is 4.55. The van der Waals surface area contributed by atoms with Gasteiger partial charge in [-0.2, -0.15) is 4.98 Å². The molecule has 0 aliphatic carbocycles. The van der Waals surface area contributed by atoms with Crippen molar-refractivity contribution in [1.82, 2.24) is 19.9 Å². The van der Waals surface area contributed by atoms with Crippen LogP contribution in [0.5, 0.6) is 0 Å². The smallest absolute Gasteiger partial charge is 0.259 e. The van der Waals surface area contributed by atoms with Crippen molar-refractivity contribution in [3.8, 4) is 11.5 Å². The summed E-state index contributed by atoms with van der Waals surface area (Å²) in [5.74, 6) is 1.19. The molecule has 1 fully saturated rings. The summed E-state index contributed by atoms with van der Waals surface area (Å²) in [7, 11) is 0. The molecule has 0 bridgehead atoms. The Kier molecular flexibility index (Phi) is 6.45. The van der Waals surface area contributed by atoms with E-state index >= 15 is 0 Å². The van der Waals surface area contributed by atoms with Crippen molar-refractivity contribution in [3.05, 3.63) is 71.0 Å². The topological polar surface area (TPSA) is 62.5 Å². The number of rotatable bonds is 6. The average molecular weight is 425 g/mol. The van der Waals surface area contributed by atoms with Crippen LogP contribution in [0.1, 0.15) is 30.7 Å². The van der Waals surface area contributed by atoms with Crippen LogP contribution in [-0.2, 0) is 11.3 Å². The summed E-state index contributed by atoms with van der Waals surface area (Å²) in [4.78, 5) is 21.7. The number of halogens is 1. The van der Waals surface area contributed by atoms with Crippen molar-refractivity contribution in [2.75, 3.05) is 26.2 Å². The minimum absolute atomic E-state index is 0.0758. The first-order valence-corrected chi connectivity index (χ1v) is 10.7. The SMILES string of the molecule is CCC(C(=O)N1CCN(Cc2noc(-c3ccccc3Cl)n2)CC1)c1ccccc1. The molecule has 156 valence electrons. The highest BCUT2D eigenvalue weighted by atomic mass is 35.5. The van der Waals surface area contributed by atoms with Crippen LogP contribution in [0.15, 0.2) is 59.1 Å². The second-order valence-corrected chi connectivity index (χ2v) is 7.88. The van der Waals surface area contributed by atoms with Crippen molar-refractivity contribution in [2.24, 2.45) is 0 Å². The number of benzene rings is 2. The molecule has 3 aromatic rings. The molecule has 2 heterocycles. The quantitative estimate of drug-likeness (QED) is 0.592. The van der Waals surface area contributed by atoms with Crippen LogP contribution < -0.4 is 0 Å². The van der Waals surface area contributed by atoms with Gasteiger partial charge in [0, 0.05) is 26.2 Å². The summed E-state index contributed by atoms with van der Waals surface area (Å²) in [6.07, 6.45) is 0.802. The molecule has 1 saturated heterocycles. The zero-order valence-electron chi connectivity index (χ0n) is 17.0. The van der Waals surface area contributed by atoms with Crippen LogP contribution in [0.25, 0.3) is 11.5 Å². The number of amides is 1. The van der Waals surface area contributed by atoms with E-state index in [2.05, 4.69) is 22.0 Å². The fourth-order valence-electron chi connectivity index (χ4n) is 3.85. The van der Waals surface area contributed by atoms with Gasteiger partial charge in [-0.15, -0.1) is 0 Å². The molecule has 6 nitrogen and oxygen atoms in total. The highest BCUT2D eigenvalue weighted by Gasteiger charge is 2.28. The maximum absolute atomic E-state index is 13.0. The number of nitrogens with zero attached hydrogens (tertiary/aromatic N) is 4. The summed E-state index contributed by atoms with van der Waals surface area (Å²) in [6, 6.07) is 17.5. The van der Waals surface area contributed by atoms with E-state index in [-0.39, 0.29) is 11.8 Å². The molecule has 0 radical (unpaired) electrons. The third-order valence-corrected chi connectivity index (χ3v) is 5.86. The number of hydrogen-bond donors (Lipinski definition) is 0. The van der Waals surface area contributed by atoms with E-state index in [0.29, 0.717) is 36.4 Å². The van der Waals surface area contributed by atoms with E-state index in [4.69, 9.17) is 16.1 Å². The van der Waals surface area contributed by atoms with Gasteiger partial charge in [-0.25, -0.2) is 0 Å². The summed E-state index contributed by atoms with van der Waals surface area (Å²) in [6.45, 7) is 5.64. The van der Waals surface area contributed by atoms with E-state index in [0.717, 1.165) is 30.6 Å². The number of piperazine rings is 1. The van der Waals surface area contributed by atoms with Crippen LogP contribution in [0.4, 0.5) is 0 Å². The lowest BCUT2D eigenvalue weighted by atomic mass is 9.95. The van der Waals surface area contributed by atoms with Crippen molar-refractivity contribution < 1.29 is 9.32 Å². The Labute approximate surface area is 181 Å². The number of carbonyl (C=O) groups is 1. The van der Waals surface area contributed by atoms with Gasteiger partial charge in [-0.05, 0) is 24.1 Å². The molecule has 1 unspecified atom stereocenters. The number of carbonyl (C=O) groups excluding carboxylic acids is 1. The average Bonchev–Trinajstić information content (AvgIpc) is 3.24. The summed E-state index contributed by atoms with van der Waals surface area (Å²) in [5.41, 5.74) is 1.83. The lowest BCUT2D eigenvalue weighted by Crippen LogP contribution is -2.49. The minimum atomic E-state index is -0.0758. The maximum atomic E-state index is 13.0. The number of hydrogen-bond acceptors (Lipinski definition) is 5. The van der Waals surface area contributed by atoms with Gasteiger partial charge in [0.25, 0.3) is 5.89 Å². The second-order valence-electron chi connectivity index (χ2n) is 7.47. The molecule has 1 aliphatic rings. The van der Waals surface area contributed by atoms with Gasteiger partial charge in [0.05, 0.1) is 23.0 Å². The van der Waals surface area contributed by atoms with Crippen molar-refractivity contribution >= 4 is 17.5 Å². The molecule has 1 aromatic heterocycles. The largest absolute Gasteiger partial charge is 0.340 e. The maximum Gasteiger partial charge on any atom is 0.259 e. The van der Waals surface area contributed by atoms with Crippen LogP contribution in [0.2, 0.25) is 5.02 Å². The molecule has 0 N–H and O–H groups in total. The van der Waals surface area contributed by atoms with Gasteiger partial charge in [0.15, 0.2) is 5.82 Å². The summed E-state index contributed by atoms with van der Waals surface area (Å²) in [5, 5.41) is 4.68. The summed E-state index contributed by atoms with van der Waals surface area (Å²) >= 11 is 6.21. The van der Waals surface area contributed by atoms with Gasteiger partial charge >= 0.3 is 0 Å². The van der Waals surface area contributed by atoms with Crippen LogP contribution in [-0.4, -0.2) is 52.0 Å². The van der Waals surface area contributed by atoms with Crippen molar-refractivity contribution in [3.63, 3.8) is 0 Å². The van der Waals surface area contributed by atoms with E-state index in [1.807, 2.05) is 53.4 Å². The van der Waals surface area contributed by atoms with E-state index in [9.17, 15) is 4.79 Å². The molecule has 1 atom stereocenters.